The number of hydrogen-bond acceptors (Lipinski definition) is 1. The van der Waals surface area contributed by atoms with Gasteiger partial charge in [-0.3, -0.25) is 4.79 Å². The minimum absolute atomic E-state index is 0.362. The molecule has 106 valence electrons. The van der Waals surface area contributed by atoms with Crippen LogP contribution in [0.4, 0.5) is 0 Å². The molecule has 1 nitrogen and oxygen atoms in total. The number of carbonyl (C=O) groups is 1. The Balaban J connectivity index is 2.50. The van der Waals surface area contributed by atoms with E-state index in [2.05, 4.69) is 34.6 Å². The Kier molecular flexibility index (Phi) is 6.38. The van der Waals surface area contributed by atoms with Gasteiger partial charge < -0.3 is 0 Å². The van der Waals surface area contributed by atoms with Gasteiger partial charge in [-0.1, -0.05) is 47.5 Å². The monoisotopic (exact) mass is 252 g/mol. The van der Waals surface area contributed by atoms with E-state index in [1.807, 2.05) is 0 Å². The average Bonchev–Trinajstić information content (AvgIpc) is 2.27. The molecule has 1 rings (SSSR count). The maximum Gasteiger partial charge on any atom is 0.136 e. The molecule has 0 radical (unpaired) electrons. The topological polar surface area (TPSA) is 17.1 Å². The average molecular weight is 252 g/mol. The first-order chi connectivity index (χ1) is 8.41. The van der Waals surface area contributed by atoms with E-state index in [9.17, 15) is 4.79 Å². The van der Waals surface area contributed by atoms with Crippen LogP contribution in [0.1, 0.15) is 73.1 Å². The third kappa shape index (κ3) is 4.74. The van der Waals surface area contributed by atoms with Crippen molar-refractivity contribution in [3.8, 4) is 0 Å². The first-order valence-electron chi connectivity index (χ1n) is 7.94. The van der Waals surface area contributed by atoms with E-state index >= 15 is 0 Å². The van der Waals surface area contributed by atoms with Gasteiger partial charge in [-0.15, -0.1) is 0 Å². The van der Waals surface area contributed by atoms with E-state index in [1.165, 1.54) is 19.3 Å². The highest BCUT2D eigenvalue weighted by atomic mass is 16.1. The Hall–Kier alpha value is -0.330. The molecule has 3 unspecified atom stereocenters. The van der Waals surface area contributed by atoms with Crippen LogP contribution in [0.15, 0.2) is 0 Å². The fourth-order valence-electron chi connectivity index (χ4n) is 3.44. The SMILES string of the molecule is CC(C)CCCC(=O)C1CC(C)CCC1C(C)C. The van der Waals surface area contributed by atoms with Gasteiger partial charge in [0.25, 0.3) is 0 Å². The molecule has 1 heteroatoms. The molecule has 0 spiro atoms. The molecule has 0 aromatic rings. The number of hydrogen-bond donors (Lipinski definition) is 0. The normalized spacial score (nSPS) is 28.9. The zero-order valence-corrected chi connectivity index (χ0v) is 13.0. The molecule has 0 heterocycles. The summed E-state index contributed by atoms with van der Waals surface area (Å²) in [7, 11) is 0. The molecule has 0 aromatic carbocycles. The second kappa shape index (κ2) is 7.31. The van der Waals surface area contributed by atoms with Crippen LogP contribution >= 0.6 is 0 Å². The summed E-state index contributed by atoms with van der Waals surface area (Å²) < 4.78 is 0. The largest absolute Gasteiger partial charge is 0.299 e. The summed E-state index contributed by atoms with van der Waals surface area (Å²) in [5, 5.41) is 0. The van der Waals surface area contributed by atoms with E-state index in [0.717, 1.165) is 31.1 Å². The van der Waals surface area contributed by atoms with Crippen LogP contribution < -0.4 is 0 Å². The van der Waals surface area contributed by atoms with Gasteiger partial charge in [-0.2, -0.15) is 0 Å². The van der Waals surface area contributed by atoms with Crippen molar-refractivity contribution in [2.24, 2.45) is 29.6 Å². The lowest BCUT2D eigenvalue weighted by molar-refractivity contribution is -0.127. The van der Waals surface area contributed by atoms with Crippen LogP contribution in [-0.4, -0.2) is 5.78 Å². The van der Waals surface area contributed by atoms with Crippen LogP contribution in [0.5, 0.6) is 0 Å². The summed E-state index contributed by atoms with van der Waals surface area (Å²) in [6.45, 7) is 11.4. The Morgan fingerprint density at radius 1 is 1.17 bits per heavy atom. The van der Waals surface area contributed by atoms with Crippen LogP contribution in [0.25, 0.3) is 0 Å². The van der Waals surface area contributed by atoms with E-state index in [0.29, 0.717) is 23.5 Å². The maximum absolute atomic E-state index is 12.4. The second-order valence-electron chi connectivity index (χ2n) is 7.18. The van der Waals surface area contributed by atoms with Gasteiger partial charge in [0.15, 0.2) is 0 Å². The Labute approximate surface area is 114 Å². The molecule has 3 atom stereocenters. The van der Waals surface area contributed by atoms with Gasteiger partial charge in [0.1, 0.15) is 5.78 Å². The summed E-state index contributed by atoms with van der Waals surface area (Å²) in [5.41, 5.74) is 0. The fourth-order valence-corrected chi connectivity index (χ4v) is 3.44. The van der Waals surface area contributed by atoms with E-state index in [1.54, 1.807) is 0 Å². The van der Waals surface area contributed by atoms with Crippen molar-refractivity contribution in [1.29, 1.82) is 0 Å². The van der Waals surface area contributed by atoms with Crippen LogP contribution in [0.2, 0.25) is 0 Å². The number of carbonyl (C=O) groups excluding carboxylic acids is 1. The van der Waals surface area contributed by atoms with Crippen molar-refractivity contribution in [2.75, 3.05) is 0 Å². The molecule has 1 aliphatic rings. The molecular formula is C17H32O. The first-order valence-corrected chi connectivity index (χ1v) is 7.94. The van der Waals surface area contributed by atoms with Crippen molar-refractivity contribution in [3.63, 3.8) is 0 Å². The highest BCUT2D eigenvalue weighted by molar-refractivity contribution is 5.81. The van der Waals surface area contributed by atoms with Gasteiger partial charge >= 0.3 is 0 Å². The molecule has 0 N–H and O–H groups in total. The summed E-state index contributed by atoms with van der Waals surface area (Å²) in [5.74, 6) is 3.70. The molecule has 0 aromatic heterocycles. The Morgan fingerprint density at radius 3 is 2.39 bits per heavy atom. The molecule has 18 heavy (non-hydrogen) atoms. The van der Waals surface area contributed by atoms with Crippen molar-refractivity contribution in [3.05, 3.63) is 0 Å². The second-order valence-corrected chi connectivity index (χ2v) is 7.18. The number of Topliss-reactive ketones (excluding diaryl/α,β-unsaturated/α-hetero) is 1. The van der Waals surface area contributed by atoms with Crippen molar-refractivity contribution < 1.29 is 4.79 Å². The van der Waals surface area contributed by atoms with Gasteiger partial charge in [0, 0.05) is 12.3 Å². The standard InChI is InChI=1S/C17H32O/c1-12(2)7-6-8-17(18)16-11-14(5)9-10-15(16)13(3)4/h12-16H,6-11H2,1-5H3. The Morgan fingerprint density at radius 2 is 1.83 bits per heavy atom. The van der Waals surface area contributed by atoms with E-state index < -0.39 is 0 Å². The van der Waals surface area contributed by atoms with Gasteiger partial charge in [-0.25, -0.2) is 0 Å². The predicted molar refractivity (Wildman–Crippen MR) is 78.5 cm³/mol. The molecule has 0 saturated heterocycles. The van der Waals surface area contributed by atoms with Crippen molar-refractivity contribution in [1.82, 2.24) is 0 Å². The summed E-state index contributed by atoms with van der Waals surface area (Å²) >= 11 is 0. The van der Waals surface area contributed by atoms with E-state index in [4.69, 9.17) is 0 Å². The maximum atomic E-state index is 12.4. The molecule has 0 bridgehead atoms. The summed E-state index contributed by atoms with van der Waals surface area (Å²) in [6, 6.07) is 0. The minimum atomic E-state index is 0.362. The molecular weight excluding hydrogens is 220 g/mol. The van der Waals surface area contributed by atoms with Crippen molar-refractivity contribution >= 4 is 5.78 Å². The third-order valence-corrected chi connectivity index (χ3v) is 4.64. The molecule has 1 aliphatic carbocycles. The van der Waals surface area contributed by atoms with Gasteiger partial charge in [0.2, 0.25) is 0 Å². The zero-order chi connectivity index (χ0) is 13.7. The van der Waals surface area contributed by atoms with E-state index in [-0.39, 0.29) is 0 Å². The number of ketones is 1. The van der Waals surface area contributed by atoms with Crippen LogP contribution in [-0.2, 0) is 4.79 Å². The quantitative estimate of drug-likeness (QED) is 0.643. The highest BCUT2D eigenvalue weighted by Crippen LogP contribution is 2.39. The lowest BCUT2D eigenvalue weighted by Gasteiger charge is -2.36. The first kappa shape index (κ1) is 15.7. The Bertz CT molecular complexity index is 254. The van der Waals surface area contributed by atoms with Crippen molar-refractivity contribution in [2.45, 2.75) is 73.1 Å². The zero-order valence-electron chi connectivity index (χ0n) is 13.0. The van der Waals surface area contributed by atoms with Crippen LogP contribution in [0, 0.1) is 29.6 Å². The summed E-state index contributed by atoms with van der Waals surface area (Å²) in [4.78, 5) is 12.4. The molecule has 0 aliphatic heterocycles. The summed E-state index contributed by atoms with van der Waals surface area (Å²) in [6.07, 6.45) is 6.83. The smallest absolute Gasteiger partial charge is 0.136 e. The highest BCUT2D eigenvalue weighted by Gasteiger charge is 2.34. The predicted octanol–water partition coefficient (Wildman–Crippen LogP) is 5.09. The molecule has 0 amide bonds. The molecule has 1 fully saturated rings. The molecule has 1 saturated carbocycles. The third-order valence-electron chi connectivity index (χ3n) is 4.64. The lowest BCUT2D eigenvalue weighted by Crippen LogP contribution is -2.33. The van der Waals surface area contributed by atoms with Gasteiger partial charge in [-0.05, 0) is 42.9 Å². The van der Waals surface area contributed by atoms with Crippen LogP contribution in [0.3, 0.4) is 0 Å². The fraction of sp³-hybridized carbons (Fsp3) is 0.941. The lowest BCUT2D eigenvalue weighted by atomic mass is 9.68. The number of rotatable bonds is 6. The van der Waals surface area contributed by atoms with Gasteiger partial charge in [0.05, 0.1) is 0 Å². The minimum Gasteiger partial charge on any atom is -0.299 e.